The molecule has 0 saturated carbocycles. The van der Waals surface area contributed by atoms with Gasteiger partial charge in [-0.3, -0.25) is 19.9 Å². The van der Waals surface area contributed by atoms with Crippen LogP contribution >= 0.6 is 0 Å². The molecular weight excluding hydrogens is 559 g/mol. The number of nitrogens with zero attached hydrogens (tertiary/aromatic N) is 5. The van der Waals surface area contributed by atoms with Crippen molar-refractivity contribution in [1.29, 1.82) is 0 Å². The number of hydrogen-bond donors (Lipinski definition) is 3. The number of aromatic amines is 2. The number of amides is 1. The summed E-state index contributed by atoms with van der Waals surface area (Å²) in [4.78, 5) is 33.1. The molecule has 5 heterocycles. The van der Waals surface area contributed by atoms with Crippen LogP contribution in [-0.2, 0) is 21.1 Å². The van der Waals surface area contributed by atoms with Gasteiger partial charge in [-0.15, -0.1) is 0 Å². The zero-order chi connectivity index (χ0) is 29.4. The lowest BCUT2D eigenvalue weighted by Crippen LogP contribution is -2.09. The van der Waals surface area contributed by atoms with Crippen molar-refractivity contribution in [3.63, 3.8) is 0 Å². The van der Waals surface area contributed by atoms with Crippen LogP contribution in [0.1, 0.15) is 18.9 Å². The van der Waals surface area contributed by atoms with Crippen molar-refractivity contribution in [2.24, 2.45) is 0 Å². The molecule has 0 aliphatic heterocycles. The number of benzene rings is 1. The molecule has 0 spiro atoms. The number of pyridine rings is 3. The largest absolute Gasteiger partial charge is 0.337 e. The first-order valence-electron chi connectivity index (χ1n) is 13.1. The highest BCUT2D eigenvalue weighted by atomic mass is 32.2. The van der Waals surface area contributed by atoms with Crippen molar-refractivity contribution < 1.29 is 17.6 Å². The molecule has 6 rings (SSSR count). The normalized spacial score (nSPS) is 11.8. The SMILES string of the molecule is CCC(=O)Nc1cncc(-c2cnc3n[nH]c(-c4nc5c(-c6cc(F)cc(CCS(C)(=O)=O)c6)nccc5[nH]4)c3c2)c1. The van der Waals surface area contributed by atoms with Crippen molar-refractivity contribution in [3.05, 3.63) is 72.6 Å². The molecule has 1 aromatic carbocycles. The summed E-state index contributed by atoms with van der Waals surface area (Å²) in [5.74, 6) is -0.203. The van der Waals surface area contributed by atoms with Crippen molar-refractivity contribution in [3.8, 4) is 33.9 Å². The number of carbonyl (C=O) groups is 1. The Morgan fingerprint density at radius 1 is 1.02 bits per heavy atom. The van der Waals surface area contributed by atoms with Crippen LogP contribution in [-0.4, -0.2) is 61.5 Å². The van der Waals surface area contributed by atoms with E-state index in [0.29, 0.717) is 62.5 Å². The van der Waals surface area contributed by atoms with Gasteiger partial charge in [-0.05, 0) is 48.4 Å². The van der Waals surface area contributed by atoms with E-state index in [2.05, 4.69) is 35.5 Å². The second-order valence-electron chi connectivity index (χ2n) is 9.93. The summed E-state index contributed by atoms with van der Waals surface area (Å²) in [7, 11) is -3.21. The molecule has 5 aromatic heterocycles. The number of halogens is 1. The molecular formula is C29H25FN8O3S. The minimum Gasteiger partial charge on any atom is -0.337 e. The van der Waals surface area contributed by atoms with Crippen LogP contribution < -0.4 is 5.32 Å². The average Bonchev–Trinajstić information content (AvgIpc) is 3.59. The number of fused-ring (bicyclic) bond motifs is 2. The first-order valence-corrected chi connectivity index (χ1v) is 15.1. The van der Waals surface area contributed by atoms with Gasteiger partial charge in [0.2, 0.25) is 5.91 Å². The van der Waals surface area contributed by atoms with E-state index in [-0.39, 0.29) is 18.1 Å². The van der Waals surface area contributed by atoms with Gasteiger partial charge in [0.25, 0.3) is 0 Å². The van der Waals surface area contributed by atoms with E-state index >= 15 is 0 Å². The Labute approximate surface area is 239 Å². The lowest BCUT2D eigenvalue weighted by Gasteiger charge is -2.06. The fourth-order valence-electron chi connectivity index (χ4n) is 4.65. The maximum atomic E-state index is 14.6. The van der Waals surface area contributed by atoms with E-state index in [1.807, 2.05) is 12.1 Å². The molecule has 0 aliphatic carbocycles. The van der Waals surface area contributed by atoms with Gasteiger partial charge in [0.1, 0.15) is 26.9 Å². The molecule has 11 nitrogen and oxygen atoms in total. The quantitative estimate of drug-likeness (QED) is 0.232. The maximum Gasteiger partial charge on any atom is 0.224 e. The van der Waals surface area contributed by atoms with E-state index in [4.69, 9.17) is 4.98 Å². The standard InChI is InChI=1S/C29H25FN8O3S/c1-3-24(39)34-21-11-18(13-31-15-21)19-12-22-26(37-38-28(22)33-14-19)29-35-23-4-6-32-25(27(23)36-29)17-8-16(9-20(30)10-17)5-7-42(2,40)41/h4,6,8-15H,3,5,7H2,1-2H3,(H,34,39)(H,35,36)(H,33,37,38). The van der Waals surface area contributed by atoms with Gasteiger partial charge in [0.05, 0.1) is 34.2 Å². The minimum absolute atomic E-state index is 0.0866. The van der Waals surface area contributed by atoms with Gasteiger partial charge < -0.3 is 10.3 Å². The number of nitrogens with one attached hydrogen (secondary N) is 3. The third-order valence-corrected chi connectivity index (χ3v) is 7.66. The molecule has 0 radical (unpaired) electrons. The van der Waals surface area contributed by atoms with E-state index < -0.39 is 15.7 Å². The number of imidazole rings is 1. The van der Waals surface area contributed by atoms with Crippen molar-refractivity contribution in [2.45, 2.75) is 19.8 Å². The average molecular weight is 585 g/mol. The van der Waals surface area contributed by atoms with E-state index in [1.54, 1.807) is 43.8 Å². The summed E-state index contributed by atoms with van der Waals surface area (Å²) in [6.07, 6.45) is 8.24. The fraction of sp³-hybridized carbons (Fsp3) is 0.172. The first-order chi connectivity index (χ1) is 20.2. The number of carbonyl (C=O) groups excluding carboxylic acids is 1. The third-order valence-electron chi connectivity index (χ3n) is 6.72. The number of aromatic nitrogens is 7. The third kappa shape index (κ3) is 5.59. The second kappa shape index (κ2) is 10.7. The van der Waals surface area contributed by atoms with Crippen LogP contribution in [0, 0.1) is 5.82 Å². The molecule has 0 saturated heterocycles. The minimum atomic E-state index is -3.21. The van der Waals surface area contributed by atoms with Crippen LogP contribution in [0.25, 0.3) is 56.0 Å². The first kappa shape index (κ1) is 27.1. The molecule has 0 bridgehead atoms. The molecule has 3 N–H and O–H groups in total. The second-order valence-corrected chi connectivity index (χ2v) is 12.2. The summed E-state index contributed by atoms with van der Waals surface area (Å²) >= 11 is 0. The number of H-pyrrole nitrogens is 2. The van der Waals surface area contributed by atoms with Crippen LogP contribution in [0.15, 0.2) is 61.2 Å². The molecule has 42 heavy (non-hydrogen) atoms. The molecule has 13 heteroatoms. The van der Waals surface area contributed by atoms with Crippen molar-refractivity contribution >= 4 is 43.5 Å². The summed E-state index contributed by atoms with van der Waals surface area (Å²) in [5.41, 5.74) is 5.88. The summed E-state index contributed by atoms with van der Waals surface area (Å²) in [5, 5.41) is 10.9. The molecule has 212 valence electrons. The molecule has 0 aliphatic rings. The fourth-order valence-corrected chi connectivity index (χ4v) is 5.26. The summed E-state index contributed by atoms with van der Waals surface area (Å²) < 4.78 is 37.9. The highest BCUT2D eigenvalue weighted by Gasteiger charge is 2.18. The predicted molar refractivity (Wildman–Crippen MR) is 158 cm³/mol. The Morgan fingerprint density at radius 2 is 1.86 bits per heavy atom. The lowest BCUT2D eigenvalue weighted by atomic mass is 10.0. The Bertz CT molecular complexity index is 2090. The molecule has 0 unspecified atom stereocenters. The number of rotatable bonds is 8. The van der Waals surface area contributed by atoms with Crippen molar-refractivity contribution in [2.75, 3.05) is 17.3 Å². The van der Waals surface area contributed by atoms with Crippen LogP contribution in [0.5, 0.6) is 0 Å². The number of aryl methyl sites for hydroxylation is 1. The van der Waals surface area contributed by atoms with Gasteiger partial charge in [-0.1, -0.05) is 6.92 Å². The number of anilines is 1. The van der Waals surface area contributed by atoms with E-state index in [0.717, 1.165) is 17.4 Å². The Hall–Kier alpha value is -5.04. The Balaban J connectivity index is 1.39. The monoisotopic (exact) mass is 584 g/mol. The van der Waals surface area contributed by atoms with Gasteiger partial charge >= 0.3 is 0 Å². The van der Waals surface area contributed by atoms with Gasteiger partial charge in [-0.25, -0.2) is 22.8 Å². The predicted octanol–water partition coefficient (Wildman–Crippen LogP) is 4.70. The van der Waals surface area contributed by atoms with Crippen LogP contribution in [0.3, 0.4) is 0 Å². The van der Waals surface area contributed by atoms with Gasteiger partial charge in [0, 0.05) is 48.0 Å². The molecule has 0 atom stereocenters. The highest BCUT2D eigenvalue weighted by Crippen LogP contribution is 2.32. The highest BCUT2D eigenvalue weighted by molar-refractivity contribution is 7.90. The Morgan fingerprint density at radius 3 is 2.67 bits per heavy atom. The molecule has 0 fully saturated rings. The topological polar surface area (TPSA) is 159 Å². The number of sulfone groups is 1. The number of hydrogen-bond acceptors (Lipinski definition) is 8. The van der Waals surface area contributed by atoms with Gasteiger partial charge in [-0.2, -0.15) is 5.10 Å². The lowest BCUT2D eigenvalue weighted by molar-refractivity contribution is -0.115. The molecule has 6 aromatic rings. The molecule has 1 amide bonds. The van der Waals surface area contributed by atoms with Crippen LogP contribution in [0.4, 0.5) is 10.1 Å². The Kier molecular flexibility index (Phi) is 6.94. The van der Waals surface area contributed by atoms with Crippen molar-refractivity contribution in [1.82, 2.24) is 35.1 Å². The maximum absolute atomic E-state index is 14.6. The van der Waals surface area contributed by atoms with E-state index in [9.17, 15) is 17.6 Å². The summed E-state index contributed by atoms with van der Waals surface area (Å²) in [6.45, 7) is 1.78. The smallest absolute Gasteiger partial charge is 0.224 e. The van der Waals surface area contributed by atoms with E-state index in [1.165, 1.54) is 12.1 Å². The van der Waals surface area contributed by atoms with Gasteiger partial charge in [0.15, 0.2) is 11.5 Å². The zero-order valence-corrected chi connectivity index (χ0v) is 23.5. The summed E-state index contributed by atoms with van der Waals surface area (Å²) in [6, 6.07) is 9.92. The van der Waals surface area contributed by atoms with Crippen LogP contribution in [0.2, 0.25) is 0 Å². The zero-order valence-electron chi connectivity index (χ0n) is 22.6.